The highest BCUT2D eigenvalue weighted by Crippen LogP contribution is 2.47. The van der Waals surface area contributed by atoms with Crippen molar-refractivity contribution in [2.45, 2.75) is 38.9 Å². The summed E-state index contributed by atoms with van der Waals surface area (Å²) in [6.45, 7) is 8.07. The predicted molar refractivity (Wildman–Crippen MR) is 73.2 cm³/mol. The van der Waals surface area contributed by atoms with E-state index in [1.807, 2.05) is 32.1 Å². The van der Waals surface area contributed by atoms with Crippen molar-refractivity contribution in [1.82, 2.24) is 14.4 Å². The van der Waals surface area contributed by atoms with Crippen molar-refractivity contribution in [1.29, 1.82) is 0 Å². The monoisotopic (exact) mass is 277 g/mol. The van der Waals surface area contributed by atoms with Gasteiger partial charge < -0.3 is 14.2 Å². The van der Waals surface area contributed by atoms with Crippen LogP contribution in [0.2, 0.25) is 0 Å². The number of fused-ring (bicyclic) bond motifs is 3. The molecule has 2 aromatic rings. The van der Waals surface area contributed by atoms with Crippen molar-refractivity contribution >= 4 is 5.78 Å². The number of hydrogen-bond donors (Lipinski definition) is 0. The van der Waals surface area contributed by atoms with Crippen molar-refractivity contribution in [3.05, 3.63) is 17.5 Å². The highest BCUT2D eigenvalue weighted by atomic mass is 16.5. The van der Waals surface area contributed by atoms with Crippen LogP contribution in [0.5, 0.6) is 11.8 Å². The van der Waals surface area contributed by atoms with Gasteiger partial charge in [-0.15, -0.1) is 0 Å². The Kier molecular flexibility index (Phi) is 2.54. The van der Waals surface area contributed by atoms with Gasteiger partial charge in [-0.25, -0.2) is 9.38 Å². The molecule has 0 saturated heterocycles. The summed E-state index contributed by atoms with van der Waals surface area (Å²) in [6.07, 6.45) is 0. The molecule has 1 aliphatic heterocycles. The molecule has 2 aromatic heterocycles. The van der Waals surface area contributed by atoms with Gasteiger partial charge in [0.1, 0.15) is 11.2 Å². The van der Waals surface area contributed by atoms with Crippen LogP contribution in [0.15, 0.2) is 6.07 Å². The molecule has 0 saturated carbocycles. The van der Waals surface area contributed by atoms with E-state index in [9.17, 15) is 0 Å². The third-order valence-electron chi connectivity index (χ3n) is 3.61. The zero-order valence-corrected chi connectivity index (χ0v) is 12.6. The maximum atomic E-state index is 6.11. The molecule has 6 heteroatoms. The van der Waals surface area contributed by atoms with Gasteiger partial charge in [0.15, 0.2) is 0 Å². The van der Waals surface area contributed by atoms with E-state index in [4.69, 9.17) is 14.2 Å². The van der Waals surface area contributed by atoms with Crippen molar-refractivity contribution in [3.8, 4) is 11.8 Å². The van der Waals surface area contributed by atoms with Crippen LogP contribution in [0, 0.1) is 0 Å². The van der Waals surface area contributed by atoms with Crippen LogP contribution >= 0.6 is 0 Å². The summed E-state index contributed by atoms with van der Waals surface area (Å²) >= 11 is 0. The minimum atomic E-state index is -0.457. The Bertz CT molecular complexity index is 689. The standard InChI is InChI=1S/C14H19N3O3/c1-13(2)10-11(14(3,4)20-13)17-9(19-6)7-8(18-5)15-12(17)16-10/h7H,1-6H3. The quantitative estimate of drug-likeness (QED) is 0.842. The topological polar surface area (TPSA) is 57.9 Å². The first-order valence-electron chi connectivity index (χ1n) is 6.53. The van der Waals surface area contributed by atoms with Gasteiger partial charge in [0.25, 0.3) is 0 Å². The van der Waals surface area contributed by atoms with Gasteiger partial charge in [0, 0.05) is 0 Å². The second-order valence-corrected chi connectivity index (χ2v) is 5.91. The summed E-state index contributed by atoms with van der Waals surface area (Å²) < 4.78 is 18.7. The molecule has 0 N–H and O–H groups in total. The first-order valence-corrected chi connectivity index (χ1v) is 6.53. The SMILES string of the molecule is COc1cc(OC)n2c3c(nc2n1)C(C)(C)OC3(C)C. The number of nitrogens with zero attached hydrogens (tertiary/aromatic N) is 3. The molecule has 3 rings (SSSR count). The number of rotatable bonds is 2. The van der Waals surface area contributed by atoms with Gasteiger partial charge in [0.05, 0.1) is 31.7 Å². The van der Waals surface area contributed by atoms with Crippen LogP contribution in [-0.2, 0) is 15.9 Å². The van der Waals surface area contributed by atoms with Crippen LogP contribution in [0.3, 0.4) is 0 Å². The van der Waals surface area contributed by atoms with Crippen LogP contribution in [0.25, 0.3) is 5.78 Å². The van der Waals surface area contributed by atoms with Crippen LogP contribution < -0.4 is 9.47 Å². The van der Waals surface area contributed by atoms with E-state index in [0.717, 1.165) is 11.4 Å². The van der Waals surface area contributed by atoms with E-state index in [-0.39, 0.29) is 0 Å². The zero-order valence-electron chi connectivity index (χ0n) is 12.6. The molecule has 0 fully saturated rings. The van der Waals surface area contributed by atoms with Crippen molar-refractivity contribution in [3.63, 3.8) is 0 Å². The van der Waals surface area contributed by atoms with E-state index in [1.165, 1.54) is 0 Å². The smallest absolute Gasteiger partial charge is 0.240 e. The number of imidazole rings is 1. The number of methoxy groups -OCH3 is 2. The summed E-state index contributed by atoms with van der Waals surface area (Å²) in [5.74, 6) is 1.68. The molecule has 0 unspecified atom stereocenters. The molecule has 3 heterocycles. The highest BCUT2D eigenvalue weighted by Gasteiger charge is 2.48. The molecule has 20 heavy (non-hydrogen) atoms. The lowest BCUT2D eigenvalue weighted by atomic mass is 10.0. The molecule has 6 nitrogen and oxygen atoms in total. The summed E-state index contributed by atoms with van der Waals surface area (Å²) in [7, 11) is 3.19. The van der Waals surface area contributed by atoms with Crippen molar-refractivity contribution in [2.75, 3.05) is 14.2 Å². The maximum absolute atomic E-state index is 6.11. The lowest BCUT2D eigenvalue weighted by molar-refractivity contribution is -0.108. The molecular weight excluding hydrogens is 258 g/mol. The van der Waals surface area contributed by atoms with Crippen LogP contribution in [0.1, 0.15) is 39.1 Å². The normalized spacial score (nSPS) is 19.1. The Balaban J connectivity index is 2.41. The second kappa shape index (κ2) is 3.85. The van der Waals surface area contributed by atoms with E-state index >= 15 is 0 Å². The highest BCUT2D eigenvalue weighted by molar-refractivity contribution is 5.48. The summed E-state index contributed by atoms with van der Waals surface area (Å²) in [4.78, 5) is 9.02. The van der Waals surface area contributed by atoms with Crippen LogP contribution in [-0.4, -0.2) is 28.6 Å². The second-order valence-electron chi connectivity index (χ2n) is 5.91. The Hall–Kier alpha value is -1.82. The van der Waals surface area contributed by atoms with Gasteiger partial charge in [-0.2, -0.15) is 4.98 Å². The molecule has 0 aromatic carbocycles. The maximum Gasteiger partial charge on any atom is 0.240 e. The summed E-state index contributed by atoms with van der Waals surface area (Å²) in [6, 6.07) is 1.75. The fourth-order valence-electron chi connectivity index (χ4n) is 2.96. The molecule has 0 bridgehead atoms. The molecule has 1 aliphatic rings. The third-order valence-corrected chi connectivity index (χ3v) is 3.61. The van der Waals surface area contributed by atoms with Gasteiger partial charge in [-0.05, 0) is 27.7 Å². The minimum absolute atomic E-state index is 0.454. The molecule has 0 atom stereocenters. The lowest BCUT2D eigenvalue weighted by Gasteiger charge is -2.25. The van der Waals surface area contributed by atoms with E-state index < -0.39 is 11.2 Å². The first-order chi connectivity index (χ1) is 9.30. The molecule has 0 radical (unpaired) electrons. The summed E-state index contributed by atoms with van der Waals surface area (Å²) in [5.41, 5.74) is 0.957. The Morgan fingerprint density at radius 3 is 2.35 bits per heavy atom. The zero-order chi connectivity index (χ0) is 14.7. The predicted octanol–water partition coefficient (Wildman–Crippen LogP) is 2.25. The number of hydrogen-bond acceptors (Lipinski definition) is 5. The van der Waals surface area contributed by atoms with E-state index in [0.29, 0.717) is 17.5 Å². The molecule has 0 aliphatic carbocycles. The first kappa shape index (κ1) is 13.2. The van der Waals surface area contributed by atoms with Crippen LogP contribution in [0.4, 0.5) is 0 Å². The van der Waals surface area contributed by atoms with Gasteiger partial charge in [-0.3, -0.25) is 0 Å². The van der Waals surface area contributed by atoms with Gasteiger partial charge >= 0.3 is 0 Å². The molecule has 108 valence electrons. The molecular formula is C14H19N3O3. The summed E-state index contributed by atoms with van der Waals surface area (Å²) in [5, 5.41) is 0. The Labute approximate surface area is 117 Å². The minimum Gasteiger partial charge on any atom is -0.482 e. The Morgan fingerprint density at radius 2 is 1.75 bits per heavy atom. The number of aromatic nitrogens is 3. The van der Waals surface area contributed by atoms with E-state index in [1.54, 1.807) is 20.3 Å². The Morgan fingerprint density at radius 1 is 1.05 bits per heavy atom. The van der Waals surface area contributed by atoms with E-state index in [2.05, 4.69) is 9.97 Å². The van der Waals surface area contributed by atoms with Gasteiger partial charge in [0.2, 0.25) is 17.5 Å². The fourth-order valence-corrected chi connectivity index (χ4v) is 2.96. The molecule has 0 spiro atoms. The average Bonchev–Trinajstić information content (AvgIpc) is 2.83. The fraction of sp³-hybridized carbons (Fsp3) is 0.571. The largest absolute Gasteiger partial charge is 0.482 e. The molecule has 0 amide bonds. The lowest BCUT2D eigenvalue weighted by Crippen LogP contribution is -2.24. The van der Waals surface area contributed by atoms with Crippen molar-refractivity contribution in [2.24, 2.45) is 0 Å². The number of ether oxygens (including phenoxy) is 3. The van der Waals surface area contributed by atoms with Gasteiger partial charge in [-0.1, -0.05) is 0 Å². The third kappa shape index (κ3) is 1.61. The average molecular weight is 277 g/mol. The van der Waals surface area contributed by atoms with Crippen molar-refractivity contribution < 1.29 is 14.2 Å².